The van der Waals surface area contributed by atoms with Crippen LogP contribution in [0.4, 0.5) is 9.18 Å². The van der Waals surface area contributed by atoms with Crippen molar-refractivity contribution in [2.24, 2.45) is 5.73 Å². The number of aryl methyl sites for hydroxylation is 1. The Morgan fingerprint density at radius 2 is 2.11 bits per heavy atom. The lowest BCUT2D eigenvalue weighted by atomic mass is 9.82. The molecule has 10 heteroatoms. The van der Waals surface area contributed by atoms with E-state index in [9.17, 15) is 23.9 Å². The summed E-state index contributed by atoms with van der Waals surface area (Å²) in [5.74, 6) is -1.21. The number of rotatable bonds is 2. The van der Waals surface area contributed by atoms with Crippen LogP contribution in [0.2, 0.25) is 0 Å². The molecule has 0 spiro atoms. The van der Waals surface area contributed by atoms with Crippen LogP contribution in [0.25, 0.3) is 22.3 Å². The van der Waals surface area contributed by atoms with E-state index in [1.807, 2.05) is 0 Å². The first kappa shape index (κ1) is 21.7. The first-order valence-electron chi connectivity index (χ1n) is 11.4. The second-order valence-corrected chi connectivity index (χ2v) is 9.28. The quantitative estimate of drug-likeness (QED) is 0.422. The second kappa shape index (κ2) is 7.11. The molecule has 0 radical (unpaired) electrons. The molecule has 0 saturated carbocycles. The number of nitrogens with zero attached hydrogens (tertiary/aromatic N) is 2. The third-order valence-electron chi connectivity index (χ3n) is 7.58. The van der Waals surface area contributed by atoms with Crippen LogP contribution in [0.1, 0.15) is 59.3 Å². The van der Waals surface area contributed by atoms with Gasteiger partial charge in [-0.3, -0.25) is 4.79 Å². The van der Waals surface area contributed by atoms with Gasteiger partial charge in [0.2, 0.25) is 0 Å². The minimum Gasteiger partial charge on any atom is -0.458 e. The number of hydrogen-bond acceptors (Lipinski definition) is 7. The van der Waals surface area contributed by atoms with E-state index in [0.717, 1.165) is 5.56 Å². The van der Waals surface area contributed by atoms with Crippen LogP contribution < -0.4 is 11.3 Å². The fourth-order valence-electron chi connectivity index (χ4n) is 5.77. The first-order chi connectivity index (χ1) is 16.7. The number of fused-ring (bicyclic) bond motifs is 5. The second-order valence-electron chi connectivity index (χ2n) is 9.28. The van der Waals surface area contributed by atoms with Gasteiger partial charge in [-0.15, -0.1) is 0 Å². The highest BCUT2D eigenvalue weighted by Crippen LogP contribution is 2.46. The van der Waals surface area contributed by atoms with Crippen LogP contribution in [-0.4, -0.2) is 26.7 Å². The molecule has 0 fully saturated rings. The number of amides is 1. The molecule has 1 aliphatic carbocycles. The Labute approximate surface area is 198 Å². The minimum atomic E-state index is -1.95. The highest BCUT2D eigenvalue weighted by molar-refractivity contribution is 5.93. The smallest absolute Gasteiger partial charge is 0.405 e. The van der Waals surface area contributed by atoms with Crippen molar-refractivity contribution in [2.75, 3.05) is 0 Å². The van der Waals surface area contributed by atoms with Crippen LogP contribution >= 0.6 is 0 Å². The predicted octanol–water partition coefficient (Wildman–Crippen LogP) is 2.61. The Hall–Kier alpha value is -3.79. The van der Waals surface area contributed by atoms with Crippen molar-refractivity contribution in [3.05, 3.63) is 61.7 Å². The number of aromatic nitrogens is 2. The van der Waals surface area contributed by atoms with Gasteiger partial charge in [0.05, 0.1) is 29.0 Å². The Balaban J connectivity index is 1.68. The van der Waals surface area contributed by atoms with Gasteiger partial charge in [-0.05, 0) is 43.4 Å². The molecule has 6 rings (SSSR count). The molecule has 2 aromatic heterocycles. The summed E-state index contributed by atoms with van der Waals surface area (Å²) in [6, 6.07) is 2.93. The van der Waals surface area contributed by atoms with E-state index in [2.05, 4.69) is 0 Å². The molecule has 1 amide bonds. The molecule has 9 nitrogen and oxygen atoms in total. The molecular weight excluding hydrogens is 457 g/mol. The van der Waals surface area contributed by atoms with Gasteiger partial charge in [0.1, 0.15) is 18.5 Å². The van der Waals surface area contributed by atoms with Crippen molar-refractivity contribution < 1.29 is 28.6 Å². The van der Waals surface area contributed by atoms with E-state index >= 15 is 0 Å². The summed E-state index contributed by atoms with van der Waals surface area (Å²) in [6.07, 6.45) is -0.696. The number of esters is 1. The van der Waals surface area contributed by atoms with Gasteiger partial charge in [0, 0.05) is 28.1 Å². The lowest BCUT2D eigenvalue weighted by molar-refractivity contribution is -0.172. The largest absolute Gasteiger partial charge is 0.458 e. The number of halogens is 1. The normalized spacial score (nSPS) is 21.8. The zero-order valence-electron chi connectivity index (χ0n) is 19.1. The van der Waals surface area contributed by atoms with Crippen molar-refractivity contribution in [3.8, 4) is 11.4 Å². The zero-order valence-corrected chi connectivity index (χ0v) is 19.1. The number of cyclic esters (lactones) is 1. The summed E-state index contributed by atoms with van der Waals surface area (Å²) in [7, 11) is 0. The average Bonchev–Trinajstić information content (AvgIpc) is 3.19. The number of primary amides is 1. The van der Waals surface area contributed by atoms with Crippen LogP contribution in [-0.2, 0) is 39.4 Å². The van der Waals surface area contributed by atoms with Gasteiger partial charge < -0.3 is 24.9 Å². The van der Waals surface area contributed by atoms with Crippen molar-refractivity contribution in [3.63, 3.8) is 0 Å². The summed E-state index contributed by atoms with van der Waals surface area (Å²) in [4.78, 5) is 42.3. The van der Waals surface area contributed by atoms with Crippen molar-refractivity contribution in [1.82, 2.24) is 9.55 Å². The number of aliphatic hydroxyl groups is 1. The molecule has 4 heterocycles. The van der Waals surface area contributed by atoms with E-state index in [-0.39, 0.29) is 30.7 Å². The van der Waals surface area contributed by atoms with Crippen LogP contribution in [0.3, 0.4) is 0 Å². The topological polar surface area (TPSA) is 134 Å². The Bertz CT molecular complexity index is 1560. The predicted molar refractivity (Wildman–Crippen MR) is 121 cm³/mol. The molecule has 3 aromatic rings. The third-order valence-corrected chi connectivity index (χ3v) is 7.58. The third kappa shape index (κ3) is 2.77. The molecule has 180 valence electrons. The molecule has 3 aliphatic rings. The molecule has 2 atom stereocenters. The van der Waals surface area contributed by atoms with Crippen LogP contribution in [0.15, 0.2) is 16.9 Å². The number of pyridine rings is 2. The molecule has 0 bridgehead atoms. The van der Waals surface area contributed by atoms with Crippen molar-refractivity contribution >= 4 is 23.0 Å². The number of carbonyl (C=O) groups is 2. The lowest BCUT2D eigenvalue weighted by Gasteiger charge is -2.31. The monoisotopic (exact) mass is 479 g/mol. The van der Waals surface area contributed by atoms with Crippen molar-refractivity contribution in [2.45, 2.75) is 58.0 Å². The number of hydrogen-bond donors (Lipinski definition) is 2. The maximum Gasteiger partial charge on any atom is 0.405 e. The molecule has 35 heavy (non-hydrogen) atoms. The fourth-order valence-corrected chi connectivity index (χ4v) is 5.77. The average molecular weight is 479 g/mol. The molecular formula is C25H22FN3O6. The van der Waals surface area contributed by atoms with Gasteiger partial charge in [-0.2, -0.15) is 0 Å². The highest BCUT2D eigenvalue weighted by Gasteiger charge is 2.46. The number of ether oxygens (including phenoxy) is 2. The maximum atomic E-state index is 14.8. The van der Waals surface area contributed by atoms with E-state index in [0.29, 0.717) is 51.8 Å². The van der Waals surface area contributed by atoms with Crippen molar-refractivity contribution in [1.29, 1.82) is 0 Å². The molecule has 3 N–H and O–H groups in total. The molecule has 2 aliphatic heterocycles. The highest BCUT2D eigenvalue weighted by atomic mass is 19.1. The van der Waals surface area contributed by atoms with Gasteiger partial charge in [-0.25, -0.2) is 19.0 Å². The first-order valence-corrected chi connectivity index (χ1v) is 11.4. The SMILES string of the molecule is CC[C@]1(O)C(=O)OCc2c1cc1n(c2=O)Cc2c-1nc1cc(F)c(C)c3c1c2[C@H](OC(N)=O)CC3. The van der Waals surface area contributed by atoms with Gasteiger partial charge in [0.15, 0.2) is 5.60 Å². The number of benzene rings is 1. The van der Waals surface area contributed by atoms with E-state index in [1.165, 1.54) is 10.6 Å². The summed E-state index contributed by atoms with van der Waals surface area (Å²) in [5.41, 5.74) is 7.20. The Morgan fingerprint density at radius 3 is 2.83 bits per heavy atom. The maximum absolute atomic E-state index is 14.8. The summed E-state index contributed by atoms with van der Waals surface area (Å²) < 4.78 is 26.9. The van der Waals surface area contributed by atoms with E-state index < -0.39 is 35.1 Å². The Morgan fingerprint density at radius 1 is 1.34 bits per heavy atom. The molecule has 0 saturated heterocycles. The standard InChI is InChI=1S/C25H22FN3O6/c1-3-25(33)14-6-17-21-12(8-29(17)22(30)13(14)9-34-23(25)31)20-18(35-24(27)32)5-4-11-10(2)15(26)7-16(28-21)19(11)20/h6-7,18,33H,3-5,8-9H2,1-2H3,(H2,27,32)/t18-,25-/m1/s1. The van der Waals surface area contributed by atoms with E-state index in [4.69, 9.17) is 20.2 Å². The van der Waals surface area contributed by atoms with Gasteiger partial charge >= 0.3 is 12.1 Å². The Kier molecular flexibility index (Phi) is 4.41. The number of nitrogens with two attached hydrogens (primary N) is 1. The summed E-state index contributed by atoms with van der Waals surface area (Å²) in [6.45, 7) is 3.23. The van der Waals surface area contributed by atoms with Crippen LogP contribution in [0.5, 0.6) is 0 Å². The van der Waals surface area contributed by atoms with E-state index in [1.54, 1.807) is 19.9 Å². The molecule has 1 aromatic carbocycles. The lowest BCUT2D eigenvalue weighted by Crippen LogP contribution is -2.44. The zero-order chi connectivity index (χ0) is 24.8. The summed E-state index contributed by atoms with van der Waals surface area (Å²) in [5, 5.41) is 11.8. The number of carbonyl (C=O) groups excluding carboxylic acids is 2. The molecule has 0 unspecified atom stereocenters. The summed E-state index contributed by atoms with van der Waals surface area (Å²) >= 11 is 0. The minimum absolute atomic E-state index is 0.0212. The fraction of sp³-hybridized carbons (Fsp3) is 0.360. The van der Waals surface area contributed by atoms with Crippen LogP contribution in [0, 0.1) is 12.7 Å². The van der Waals surface area contributed by atoms with Gasteiger partial charge in [0.25, 0.3) is 5.56 Å². The van der Waals surface area contributed by atoms with Gasteiger partial charge in [-0.1, -0.05) is 6.92 Å².